The standard InChI is InChI=1S/C33H100O15Si16/c1-49(2)34-51(6,7)36-53(10,11)38-55(14,15)40-57(18,19)42-59(22,23)44-61(26,27)46-63(30,31)48-64(32,33)47-62(28,29)45-60(24,25)43-58(20,21)41-56(16,17)39-54(12,13)37-52(8,9)35-50(3,4)5/h49H,1-33H3. The van der Waals surface area contributed by atoms with Crippen molar-refractivity contribution in [1.82, 2.24) is 0 Å². The van der Waals surface area contributed by atoms with Crippen LogP contribution in [0.5, 0.6) is 0 Å². The molecule has 0 aromatic rings. The molecular weight excluding hydrogens is 1090 g/mol. The first-order chi connectivity index (χ1) is 27.3. The smallest absolute Gasteiger partial charge is 0.314 e. The summed E-state index contributed by atoms with van der Waals surface area (Å²) in [4.78, 5) is 0. The van der Waals surface area contributed by atoms with Gasteiger partial charge in [0.2, 0.25) is 0 Å². The van der Waals surface area contributed by atoms with Gasteiger partial charge in [-0.05, 0) is 216 Å². The summed E-state index contributed by atoms with van der Waals surface area (Å²) in [5.41, 5.74) is 0. The second-order valence-electron chi connectivity index (χ2n) is 24.3. The maximum absolute atomic E-state index is 6.88. The minimum absolute atomic E-state index is 1.25. The second-order valence-corrected chi connectivity index (χ2v) is 82.2. The van der Waals surface area contributed by atoms with E-state index in [1.54, 1.807) is 0 Å². The van der Waals surface area contributed by atoms with Gasteiger partial charge in [0.25, 0.3) is 0 Å². The van der Waals surface area contributed by atoms with E-state index in [0.717, 1.165) is 0 Å². The molecule has 64 heavy (non-hydrogen) atoms. The minimum Gasteiger partial charge on any atom is -0.440 e. The molecule has 0 bridgehead atoms. The van der Waals surface area contributed by atoms with Crippen LogP contribution >= 0.6 is 0 Å². The first-order valence-electron chi connectivity index (χ1n) is 22.8. The van der Waals surface area contributed by atoms with Crippen molar-refractivity contribution in [2.75, 3.05) is 0 Å². The molecule has 0 spiro atoms. The van der Waals surface area contributed by atoms with E-state index in [2.05, 4.69) is 216 Å². The fraction of sp³-hybridized carbons (Fsp3) is 1.00. The largest absolute Gasteiger partial charge is 0.440 e. The van der Waals surface area contributed by atoms with Gasteiger partial charge in [-0.15, -0.1) is 0 Å². The third-order valence-electron chi connectivity index (χ3n) is 7.46. The molecular formula is C33H100O15Si16. The van der Waals surface area contributed by atoms with Crippen molar-refractivity contribution >= 4 is 137 Å². The second kappa shape index (κ2) is 22.6. The van der Waals surface area contributed by atoms with Gasteiger partial charge in [-0.1, -0.05) is 0 Å². The van der Waals surface area contributed by atoms with Gasteiger partial charge in [0.1, 0.15) is 0 Å². The Balaban J connectivity index is 5.70. The quantitative estimate of drug-likeness (QED) is 0.0630. The minimum atomic E-state index is -2.79. The van der Waals surface area contributed by atoms with Crippen LogP contribution in [0.25, 0.3) is 0 Å². The van der Waals surface area contributed by atoms with E-state index < -0.39 is 137 Å². The average molecular weight is 1190 g/mol. The van der Waals surface area contributed by atoms with E-state index in [0.29, 0.717) is 0 Å². The highest BCUT2D eigenvalue weighted by Crippen LogP contribution is 2.33. The summed E-state index contributed by atoms with van der Waals surface area (Å²) in [5, 5.41) is 0. The van der Waals surface area contributed by atoms with Crippen LogP contribution in [-0.4, -0.2) is 137 Å². The van der Waals surface area contributed by atoms with Crippen molar-refractivity contribution in [3.8, 4) is 0 Å². The average Bonchev–Trinajstić information content (AvgIpc) is 2.74. The highest BCUT2D eigenvalue weighted by molar-refractivity contribution is 6.95. The summed E-state index contributed by atoms with van der Waals surface area (Å²) in [7, 11) is -40.3. The lowest BCUT2D eigenvalue weighted by Crippen LogP contribution is -2.63. The van der Waals surface area contributed by atoms with Crippen LogP contribution < -0.4 is 0 Å². The van der Waals surface area contributed by atoms with Crippen LogP contribution in [0.4, 0.5) is 0 Å². The Hall–Kier alpha value is 2.87. The molecule has 0 heterocycles. The van der Waals surface area contributed by atoms with E-state index in [-0.39, 0.29) is 0 Å². The molecule has 0 fully saturated rings. The normalized spacial score (nSPS) is 16.0. The Morgan fingerprint density at radius 2 is 0.281 bits per heavy atom. The predicted molar refractivity (Wildman–Crippen MR) is 303 cm³/mol. The first kappa shape index (κ1) is 66.9. The van der Waals surface area contributed by atoms with Crippen molar-refractivity contribution in [2.45, 2.75) is 216 Å². The molecule has 0 unspecified atom stereocenters. The highest BCUT2D eigenvalue weighted by Gasteiger charge is 2.53. The number of hydrogen-bond donors (Lipinski definition) is 0. The summed E-state index contributed by atoms with van der Waals surface area (Å²) in [5.74, 6) is 0. The number of rotatable bonds is 30. The van der Waals surface area contributed by atoms with Gasteiger partial charge in [0, 0.05) is 0 Å². The Morgan fingerprint density at radius 1 is 0.172 bits per heavy atom. The molecule has 0 N–H and O–H groups in total. The van der Waals surface area contributed by atoms with Gasteiger partial charge < -0.3 is 61.7 Å². The molecule has 0 aromatic carbocycles. The third kappa shape index (κ3) is 31.4. The van der Waals surface area contributed by atoms with Crippen molar-refractivity contribution < 1.29 is 61.7 Å². The summed E-state index contributed by atoms with van der Waals surface area (Å²) >= 11 is 0. The molecule has 0 amide bonds. The summed E-state index contributed by atoms with van der Waals surface area (Å²) in [6, 6.07) is 0. The first-order valence-corrected chi connectivity index (χ1v) is 68.4. The molecule has 0 aliphatic heterocycles. The molecule has 0 saturated carbocycles. The van der Waals surface area contributed by atoms with Gasteiger partial charge in [0.15, 0.2) is 17.4 Å². The number of hydrogen-bond acceptors (Lipinski definition) is 15. The van der Waals surface area contributed by atoms with Crippen LogP contribution in [0.1, 0.15) is 0 Å². The molecule has 31 heteroatoms. The SMILES string of the molecule is C[SiH](C)O[Si](C)(C)O[Si](C)(C)O[Si](C)(C)O[Si](C)(C)O[Si](C)(C)O[Si](C)(C)O[Si](C)(C)O[Si](C)(C)O[Si](C)(C)O[Si](C)(C)O[Si](C)(C)O[Si](C)(C)O[Si](C)(C)O[Si](C)(C)O[Si](C)(C)C. The summed E-state index contributed by atoms with van der Waals surface area (Å²) in [6.07, 6.45) is 0. The van der Waals surface area contributed by atoms with Crippen molar-refractivity contribution in [2.24, 2.45) is 0 Å². The molecule has 0 rings (SSSR count). The summed E-state index contributed by atoms with van der Waals surface area (Å²) < 4.78 is 101. The van der Waals surface area contributed by atoms with E-state index in [1.165, 1.54) is 0 Å². The highest BCUT2D eigenvalue weighted by atomic mass is 28.5. The third-order valence-corrected chi connectivity index (χ3v) is 67.2. The van der Waals surface area contributed by atoms with Crippen LogP contribution in [-0.2, 0) is 61.7 Å². The van der Waals surface area contributed by atoms with Gasteiger partial charge in [-0.2, -0.15) is 0 Å². The van der Waals surface area contributed by atoms with Crippen LogP contribution in [0.15, 0.2) is 0 Å². The fourth-order valence-electron chi connectivity index (χ4n) is 9.29. The zero-order valence-electron chi connectivity index (χ0n) is 47.2. The van der Waals surface area contributed by atoms with E-state index in [1.807, 2.05) is 0 Å². The molecule has 386 valence electrons. The van der Waals surface area contributed by atoms with Gasteiger partial charge >= 0.3 is 120 Å². The van der Waals surface area contributed by atoms with Crippen molar-refractivity contribution in [3.05, 3.63) is 0 Å². The zero-order valence-corrected chi connectivity index (χ0v) is 63.4. The Labute approximate surface area is 412 Å². The predicted octanol–water partition coefficient (Wildman–Crippen LogP) is 11.9. The monoisotopic (exact) mass is 1180 g/mol. The topological polar surface area (TPSA) is 138 Å². The van der Waals surface area contributed by atoms with Crippen molar-refractivity contribution in [3.63, 3.8) is 0 Å². The molecule has 0 aliphatic carbocycles. The maximum atomic E-state index is 6.88. The molecule has 15 nitrogen and oxygen atoms in total. The Morgan fingerprint density at radius 3 is 0.391 bits per heavy atom. The van der Waals surface area contributed by atoms with Crippen LogP contribution in [0.2, 0.25) is 216 Å². The maximum Gasteiger partial charge on any atom is 0.314 e. The fourth-order valence-corrected chi connectivity index (χ4v) is 89.0. The Bertz CT molecular complexity index is 1490. The molecule has 0 aromatic heterocycles. The molecule has 0 atom stereocenters. The molecule has 0 radical (unpaired) electrons. The molecule has 0 saturated heterocycles. The van der Waals surface area contributed by atoms with E-state index >= 15 is 0 Å². The van der Waals surface area contributed by atoms with Crippen molar-refractivity contribution in [1.29, 1.82) is 0 Å². The van der Waals surface area contributed by atoms with Gasteiger partial charge in [-0.3, -0.25) is 0 Å². The van der Waals surface area contributed by atoms with Crippen LogP contribution in [0.3, 0.4) is 0 Å². The zero-order chi connectivity index (χ0) is 51.7. The van der Waals surface area contributed by atoms with E-state index in [9.17, 15) is 0 Å². The van der Waals surface area contributed by atoms with E-state index in [4.69, 9.17) is 61.7 Å². The van der Waals surface area contributed by atoms with Crippen LogP contribution in [0, 0.1) is 0 Å². The lowest BCUT2D eigenvalue weighted by Gasteiger charge is -2.45. The Kier molecular flexibility index (Phi) is 23.6. The lowest BCUT2D eigenvalue weighted by atomic mass is 11.8. The van der Waals surface area contributed by atoms with Gasteiger partial charge in [0.05, 0.1) is 0 Å². The molecule has 0 aliphatic rings. The van der Waals surface area contributed by atoms with Gasteiger partial charge in [-0.25, -0.2) is 0 Å². The summed E-state index contributed by atoms with van der Waals surface area (Å²) in [6.45, 7) is 68.9. The lowest BCUT2D eigenvalue weighted by molar-refractivity contribution is 0.251.